The van der Waals surface area contributed by atoms with Gasteiger partial charge in [0.2, 0.25) is 0 Å². The standard InChI is InChI=1S/C21H24Br9N3O3/c22-7-1-10(25)16(11(26)2-7)34-19-31-20(35-17-12(27)3-8(23)4-13(17)28)33-21(32-19)36-18-14(29)5-9(24)6-15(18)30/h7-18H,1-6H2. The number of rotatable bonds is 6. The van der Waals surface area contributed by atoms with Crippen LogP contribution in [0.4, 0.5) is 0 Å². The molecule has 3 fully saturated rings. The van der Waals surface area contributed by atoms with Gasteiger partial charge in [-0.1, -0.05) is 143 Å². The molecule has 3 aliphatic carbocycles. The fraction of sp³-hybridized carbons (Fsp3) is 0.857. The highest BCUT2D eigenvalue weighted by molar-refractivity contribution is 9.11. The van der Waals surface area contributed by atoms with Crippen molar-refractivity contribution in [3.05, 3.63) is 0 Å². The van der Waals surface area contributed by atoms with Crippen molar-refractivity contribution in [3.8, 4) is 18.0 Å². The van der Waals surface area contributed by atoms with E-state index < -0.39 is 0 Å². The fourth-order valence-corrected chi connectivity index (χ4v) is 16.7. The first-order chi connectivity index (χ1) is 17.0. The van der Waals surface area contributed by atoms with Gasteiger partial charge in [-0.05, 0) is 38.5 Å². The summed E-state index contributed by atoms with van der Waals surface area (Å²) in [5, 5.41) is 0. The van der Waals surface area contributed by atoms with Gasteiger partial charge >= 0.3 is 18.0 Å². The molecule has 3 aliphatic rings. The van der Waals surface area contributed by atoms with E-state index in [1.54, 1.807) is 0 Å². The van der Waals surface area contributed by atoms with Crippen LogP contribution in [-0.4, -0.2) is 76.7 Å². The molecule has 0 bridgehead atoms. The van der Waals surface area contributed by atoms with Gasteiger partial charge in [0, 0.05) is 14.5 Å². The SMILES string of the molecule is BrC1CC(Br)C(Oc2nc(OC3C(Br)CC(Br)CC3Br)nc(OC3C(Br)CC(Br)CC3Br)n2)C(Br)C1. The van der Waals surface area contributed by atoms with Crippen LogP contribution in [0.1, 0.15) is 38.5 Å². The highest BCUT2D eigenvalue weighted by atomic mass is 79.9. The largest absolute Gasteiger partial charge is 0.458 e. The van der Waals surface area contributed by atoms with Crippen molar-refractivity contribution in [3.63, 3.8) is 0 Å². The second-order valence-electron chi connectivity index (χ2n) is 9.23. The van der Waals surface area contributed by atoms with E-state index in [1.165, 1.54) is 0 Å². The van der Waals surface area contributed by atoms with Crippen LogP contribution < -0.4 is 14.2 Å². The van der Waals surface area contributed by atoms with Gasteiger partial charge in [0.1, 0.15) is 18.3 Å². The summed E-state index contributed by atoms with van der Waals surface area (Å²) in [5.74, 6) is 0. The van der Waals surface area contributed by atoms with Crippen LogP contribution in [0.3, 0.4) is 0 Å². The summed E-state index contributed by atoms with van der Waals surface area (Å²) in [6, 6.07) is 0.583. The van der Waals surface area contributed by atoms with Gasteiger partial charge in [-0.25, -0.2) is 0 Å². The molecule has 0 radical (unpaired) electrons. The zero-order valence-electron chi connectivity index (χ0n) is 18.6. The lowest BCUT2D eigenvalue weighted by molar-refractivity contribution is 0.124. The molecule has 0 aromatic carbocycles. The van der Waals surface area contributed by atoms with E-state index >= 15 is 0 Å². The third-order valence-electron chi connectivity index (χ3n) is 6.32. The number of ether oxygens (including phenoxy) is 3. The Hall–Kier alpha value is 2.73. The zero-order chi connectivity index (χ0) is 26.1. The summed E-state index contributed by atoms with van der Waals surface area (Å²) in [6.07, 6.45) is 5.13. The predicted octanol–water partition coefficient (Wildman–Crippen LogP) is 8.37. The van der Waals surface area contributed by atoms with E-state index in [4.69, 9.17) is 14.2 Å². The molecule has 6 unspecified atom stereocenters. The van der Waals surface area contributed by atoms with Crippen LogP contribution in [0.5, 0.6) is 18.0 Å². The molecular formula is C21H24Br9N3O3. The highest BCUT2D eigenvalue weighted by Crippen LogP contribution is 2.39. The van der Waals surface area contributed by atoms with E-state index in [2.05, 4.69) is 158 Å². The summed E-state index contributed by atoms with van der Waals surface area (Å²) in [7, 11) is 0. The van der Waals surface area contributed by atoms with Gasteiger partial charge in [0.15, 0.2) is 0 Å². The van der Waals surface area contributed by atoms with Crippen LogP contribution >= 0.6 is 143 Å². The smallest absolute Gasteiger partial charge is 0.326 e. The molecule has 1 aromatic rings. The lowest BCUT2D eigenvalue weighted by Gasteiger charge is -2.36. The van der Waals surface area contributed by atoms with Gasteiger partial charge in [-0.3, -0.25) is 0 Å². The number of halogens is 9. The maximum Gasteiger partial charge on any atom is 0.326 e. The topological polar surface area (TPSA) is 66.4 Å². The molecule has 4 rings (SSSR count). The van der Waals surface area contributed by atoms with Gasteiger partial charge in [-0.15, -0.1) is 15.0 Å². The molecule has 0 N–H and O–H groups in total. The van der Waals surface area contributed by atoms with Crippen molar-refractivity contribution in [2.75, 3.05) is 0 Å². The average Bonchev–Trinajstić information content (AvgIpc) is 2.76. The molecule has 204 valence electrons. The summed E-state index contributed by atoms with van der Waals surface area (Å²) in [6.45, 7) is 0. The zero-order valence-corrected chi connectivity index (χ0v) is 32.9. The van der Waals surface area contributed by atoms with Crippen molar-refractivity contribution in [1.29, 1.82) is 0 Å². The quantitative estimate of drug-likeness (QED) is 0.267. The fourth-order valence-electron chi connectivity index (χ4n) is 4.53. The summed E-state index contributed by atoms with van der Waals surface area (Å²) >= 11 is 33.9. The molecule has 0 spiro atoms. The monoisotopic (exact) mass is 1080 g/mol. The van der Waals surface area contributed by atoms with E-state index in [0.717, 1.165) is 38.5 Å². The van der Waals surface area contributed by atoms with Crippen molar-refractivity contribution >= 4 is 143 Å². The van der Waals surface area contributed by atoms with Gasteiger partial charge in [0.05, 0.1) is 29.0 Å². The number of hydrogen-bond donors (Lipinski definition) is 0. The molecule has 1 heterocycles. The summed E-state index contributed by atoms with van der Waals surface area (Å²) in [5.41, 5.74) is 0. The van der Waals surface area contributed by atoms with Crippen molar-refractivity contribution in [2.45, 2.75) is 100 Å². The molecule has 15 heteroatoms. The Morgan fingerprint density at radius 1 is 0.389 bits per heavy atom. The molecule has 36 heavy (non-hydrogen) atoms. The number of aromatic nitrogens is 3. The first-order valence-corrected chi connectivity index (χ1v) is 19.8. The Kier molecular flexibility index (Phi) is 12.5. The normalized spacial score (nSPS) is 43.6. The molecular weight excluding hydrogens is 1060 g/mol. The summed E-state index contributed by atoms with van der Waals surface area (Å²) in [4.78, 5) is 15.7. The van der Waals surface area contributed by atoms with Crippen LogP contribution in [0.15, 0.2) is 0 Å². The van der Waals surface area contributed by atoms with Crippen molar-refractivity contribution in [1.82, 2.24) is 15.0 Å². The van der Waals surface area contributed by atoms with E-state index in [9.17, 15) is 0 Å². The second kappa shape index (κ2) is 14.3. The van der Waals surface area contributed by atoms with Crippen LogP contribution in [-0.2, 0) is 0 Å². The second-order valence-corrected chi connectivity index (χ2v) is 20.2. The third-order valence-corrected chi connectivity index (χ3v) is 13.9. The molecule has 0 aliphatic heterocycles. The van der Waals surface area contributed by atoms with Crippen LogP contribution in [0.25, 0.3) is 0 Å². The number of nitrogens with zero attached hydrogens (tertiary/aromatic N) is 3. The predicted molar refractivity (Wildman–Crippen MR) is 175 cm³/mol. The molecule has 0 saturated heterocycles. The number of alkyl halides is 9. The minimum absolute atomic E-state index is 0.131. The van der Waals surface area contributed by atoms with Crippen molar-refractivity contribution < 1.29 is 14.2 Å². The lowest BCUT2D eigenvalue weighted by atomic mass is 9.97. The Morgan fingerprint density at radius 2 is 0.583 bits per heavy atom. The first kappa shape index (κ1) is 31.7. The van der Waals surface area contributed by atoms with Gasteiger partial charge < -0.3 is 14.2 Å². The van der Waals surface area contributed by atoms with E-state index in [-0.39, 0.29) is 65.3 Å². The Balaban J connectivity index is 1.59. The molecule has 0 amide bonds. The van der Waals surface area contributed by atoms with Gasteiger partial charge in [-0.2, -0.15) is 0 Å². The van der Waals surface area contributed by atoms with E-state index in [0.29, 0.717) is 14.5 Å². The maximum atomic E-state index is 6.33. The first-order valence-electron chi connectivity index (χ1n) is 11.5. The lowest BCUT2D eigenvalue weighted by Crippen LogP contribution is -2.44. The van der Waals surface area contributed by atoms with E-state index in [1.807, 2.05) is 0 Å². The van der Waals surface area contributed by atoms with Crippen molar-refractivity contribution in [2.24, 2.45) is 0 Å². The minimum atomic E-state index is -0.157. The maximum absolute atomic E-state index is 6.33. The molecule has 6 atom stereocenters. The molecule has 6 nitrogen and oxygen atoms in total. The highest BCUT2D eigenvalue weighted by Gasteiger charge is 2.40. The van der Waals surface area contributed by atoms with Crippen LogP contribution in [0, 0.1) is 0 Å². The van der Waals surface area contributed by atoms with Gasteiger partial charge in [0.25, 0.3) is 0 Å². The Morgan fingerprint density at radius 3 is 0.778 bits per heavy atom. The summed E-state index contributed by atoms with van der Waals surface area (Å²) < 4.78 is 19.0. The number of hydrogen-bond acceptors (Lipinski definition) is 6. The van der Waals surface area contributed by atoms with Crippen LogP contribution in [0.2, 0.25) is 0 Å². The third kappa shape index (κ3) is 8.40. The Labute approximate surface area is 287 Å². The molecule has 3 saturated carbocycles. The molecule has 1 aromatic heterocycles. The minimum Gasteiger partial charge on any atom is -0.458 e. The Bertz CT molecular complexity index is 734. The average molecular weight is 1090 g/mol.